The van der Waals surface area contributed by atoms with Crippen LogP contribution >= 0.6 is 15.9 Å². The van der Waals surface area contributed by atoms with Crippen molar-refractivity contribution in [2.45, 2.75) is 0 Å². The fourth-order valence-corrected chi connectivity index (χ4v) is 0.945. The average molecular weight is 218 g/mol. The molecule has 12 heavy (non-hydrogen) atoms. The molecule has 0 rings (SSSR count). The van der Waals surface area contributed by atoms with Gasteiger partial charge in [-0.05, 0) is 0 Å². The summed E-state index contributed by atoms with van der Waals surface area (Å²) < 4.78 is 28.3. The number of phosphoric acid groups is 1. The molecule has 0 fully saturated rings. The van der Waals surface area contributed by atoms with Crippen LogP contribution in [0.15, 0.2) is 0 Å². The maximum Gasteiger partial charge on any atom is 0.469 e. The van der Waals surface area contributed by atoms with Crippen molar-refractivity contribution >= 4 is 15.9 Å². The molecule has 0 aromatic carbocycles. The summed E-state index contributed by atoms with van der Waals surface area (Å²) in [7, 11) is -7.08. The fourth-order valence-electron chi connectivity index (χ4n) is 0.354. The van der Waals surface area contributed by atoms with Crippen LogP contribution in [0.2, 0.25) is 0 Å². The Morgan fingerprint density at radius 3 is 2.42 bits per heavy atom. The van der Waals surface area contributed by atoms with Gasteiger partial charge in [-0.3, -0.25) is 4.52 Å². The van der Waals surface area contributed by atoms with Crippen molar-refractivity contribution in [3.8, 4) is 0 Å². The van der Waals surface area contributed by atoms with Gasteiger partial charge in [-0.1, -0.05) is 4.57 Å². The average Bonchev–Trinajstić information content (AvgIpc) is 1.83. The molecule has 0 amide bonds. The first-order valence-electron chi connectivity index (χ1n) is 2.81. The smallest absolute Gasteiger partial charge is 0.469 e. The predicted molar refractivity (Wildman–Crippen MR) is 36.4 cm³/mol. The molecule has 0 bridgehead atoms. The molecule has 0 aliphatic rings. The van der Waals surface area contributed by atoms with E-state index in [1.807, 2.05) is 0 Å². The van der Waals surface area contributed by atoms with Gasteiger partial charge in [0.1, 0.15) is 0 Å². The zero-order valence-corrected chi connectivity index (χ0v) is 7.74. The second-order valence-electron chi connectivity index (χ2n) is 1.69. The van der Waals surface area contributed by atoms with E-state index >= 15 is 0 Å². The zero-order chi connectivity index (χ0) is 9.61. The molecule has 0 aromatic heterocycles. The van der Waals surface area contributed by atoms with Gasteiger partial charge in [0.25, 0.3) is 0 Å². The van der Waals surface area contributed by atoms with E-state index in [1.54, 1.807) is 0 Å². The van der Waals surface area contributed by atoms with E-state index < -0.39 is 22.2 Å². The maximum absolute atomic E-state index is 10.0. The van der Waals surface area contributed by atoms with E-state index in [-0.39, 0.29) is 13.2 Å². The molecule has 9 heteroatoms. The standard InChI is InChI=1S/C3H8O7P2/c4-11(5)3-9-1-2-10-12(6,7)8/h1-3H2,(H2,6,7,8). The Bertz CT molecular complexity index is 185. The molecule has 1 unspecified atom stereocenters. The lowest BCUT2D eigenvalue weighted by molar-refractivity contribution is -0.168. The monoisotopic (exact) mass is 218 g/mol. The summed E-state index contributed by atoms with van der Waals surface area (Å²) in [6.45, 7) is -0.512. The topological polar surface area (TPSA) is 116 Å². The van der Waals surface area contributed by atoms with E-state index in [0.717, 1.165) is 0 Å². The highest BCUT2D eigenvalue weighted by molar-refractivity contribution is 7.46. The van der Waals surface area contributed by atoms with Gasteiger partial charge in [-0.15, -0.1) is 0 Å². The highest BCUT2D eigenvalue weighted by Gasteiger charge is 2.12. The van der Waals surface area contributed by atoms with E-state index in [2.05, 4.69) is 9.26 Å². The lowest BCUT2D eigenvalue weighted by Gasteiger charge is -2.03. The van der Waals surface area contributed by atoms with Crippen LogP contribution < -0.4 is 4.89 Å². The first-order valence-corrected chi connectivity index (χ1v) is 5.71. The Balaban J connectivity index is 3.23. The first kappa shape index (κ1) is 12.1. The highest BCUT2D eigenvalue weighted by atomic mass is 31.2. The van der Waals surface area contributed by atoms with Crippen molar-refractivity contribution in [2.24, 2.45) is 0 Å². The Kier molecular flexibility index (Phi) is 5.78. The highest BCUT2D eigenvalue weighted by Crippen LogP contribution is 2.35. The molecule has 0 saturated heterocycles. The summed E-state index contributed by atoms with van der Waals surface area (Å²) >= 11 is 0. The minimum absolute atomic E-state index is 0.172. The minimum atomic E-state index is -4.46. The quantitative estimate of drug-likeness (QED) is 0.441. The zero-order valence-electron chi connectivity index (χ0n) is 5.95. The van der Waals surface area contributed by atoms with Crippen molar-refractivity contribution in [3.05, 3.63) is 0 Å². The van der Waals surface area contributed by atoms with Gasteiger partial charge in [0.15, 0.2) is 0 Å². The lowest BCUT2D eigenvalue weighted by atomic mass is 10.8. The number of hydrogen-bond donors (Lipinski definition) is 2. The summed E-state index contributed by atoms with van der Waals surface area (Å²) in [5.41, 5.74) is 0. The summed E-state index contributed by atoms with van der Waals surface area (Å²) in [5.74, 6) is 0. The second-order valence-corrected chi connectivity index (χ2v) is 3.86. The van der Waals surface area contributed by atoms with Crippen LogP contribution in [0.5, 0.6) is 0 Å². The Morgan fingerprint density at radius 2 is 2.00 bits per heavy atom. The van der Waals surface area contributed by atoms with E-state index in [1.165, 1.54) is 0 Å². The molecule has 0 spiro atoms. The number of ether oxygens (including phenoxy) is 1. The normalized spacial score (nSPS) is 13.1. The number of phosphoric ester groups is 1. The molecule has 7 nitrogen and oxygen atoms in total. The largest absolute Gasteiger partial charge is 0.594 e. The van der Waals surface area contributed by atoms with Gasteiger partial charge >= 0.3 is 15.9 Å². The molecule has 2 N–H and O–H groups in total. The van der Waals surface area contributed by atoms with Gasteiger partial charge in [-0.25, -0.2) is 4.57 Å². The molecular formula is C3H8O7P2. The fraction of sp³-hybridized carbons (Fsp3) is 1.00. The van der Waals surface area contributed by atoms with Crippen LogP contribution in [0.1, 0.15) is 0 Å². The van der Waals surface area contributed by atoms with Crippen molar-refractivity contribution in [1.82, 2.24) is 0 Å². The third-order valence-corrected chi connectivity index (χ3v) is 1.60. The third kappa shape index (κ3) is 10.1. The Labute approximate surface area is 69.4 Å². The lowest BCUT2D eigenvalue weighted by Crippen LogP contribution is -2.04. The van der Waals surface area contributed by atoms with Gasteiger partial charge in [0.2, 0.25) is 6.35 Å². The summed E-state index contributed by atoms with van der Waals surface area (Å²) in [6, 6.07) is 0. The molecule has 0 aromatic rings. The number of rotatable bonds is 6. The van der Waals surface area contributed by atoms with Gasteiger partial charge < -0.3 is 19.4 Å². The summed E-state index contributed by atoms with van der Waals surface area (Å²) in [6.07, 6.45) is -0.472. The Morgan fingerprint density at radius 1 is 1.42 bits per heavy atom. The van der Waals surface area contributed by atoms with E-state index in [0.29, 0.717) is 0 Å². The molecule has 72 valence electrons. The van der Waals surface area contributed by atoms with Gasteiger partial charge in [0.05, 0.1) is 13.2 Å². The van der Waals surface area contributed by atoms with E-state index in [9.17, 15) is 14.0 Å². The first-order chi connectivity index (χ1) is 5.42. The van der Waals surface area contributed by atoms with Crippen LogP contribution in [0.3, 0.4) is 0 Å². The molecule has 0 aliphatic carbocycles. The third-order valence-electron chi connectivity index (χ3n) is 0.684. The SMILES string of the molecule is O=[P+]([O-])COCCOP(=O)(O)O. The van der Waals surface area contributed by atoms with Crippen molar-refractivity contribution in [1.29, 1.82) is 0 Å². The molecule has 0 aliphatic heterocycles. The second kappa shape index (κ2) is 5.72. The van der Waals surface area contributed by atoms with E-state index in [4.69, 9.17) is 9.79 Å². The molecule has 1 atom stereocenters. The predicted octanol–water partition coefficient (Wildman–Crippen LogP) is -0.828. The van der Waals surface area contributed by atoms with Crippen molar-refractivity contribution < 1.29 is 33.1 Å². The van der Waals surface area contributed by atoms with Crippen LogP contribution in [-0.2, 0) is 18.4 Å². The Hall–Kier alpha value is 0.130. The van der Waals surface area contributed by atoms with Crippen LogP contribution in [0.4, 0.5) is 0 Å². The number of hydrogen-bond acceptors (Lipinski definition) is 5. The molecule has 0 radical (unpaired) electrons. The molecule has 0 heterocycles. The van der Waals surface area contributed by atoms with Crippen molar-refractivity contribution in [2.75, 3.05) is 19.6 Å². The summed E-state index contributed by atoms with van der Waals surface area (Å²) in [5, 5.41) is 0. The summed E-state index contributed by atoms with van der Waals surface area (Å²) in [4.78, 5) is 26.2. The maximum atomic E-state index is 10.0. The van der Waals surface area contributed by atoms with Crippen molar-refractivity contribution in [3.63, 3.8) is 0 Å². The van der Waals surface area contributed by atoms with Gasteiger partial charge in [0, 0.05) is 0 Å². The van der Waals surface area contributed by atoms with Crippen LogP contribution in [0, 0.1) is 0 Å². The molecular weight excluding hydrogens is 210 g/mol. The minimum Gasteiger partial charge on any atom is -0.594 e. The van der Waals surface area contributed by atoms with Gasteiger partial charge in [-0.2, -0.15) is 0 Å². The van der Waals surface area contributed by atoms with Crippen LogP contribution in [0.25, 0.3) is 0 Å². The van der Waals surface area contributed by atoms with Crippen LogP contribution in [-0.4, -0.2) is 29.3 Å². The molecule has 0 saturated carbocycles.